The number of hydrogen-bond acceptors (Lipinski definition) is 5. The van der Waals surface area contributed by atoms with Crippen molar-refractivity contribution >= 4 is 29.3 Å². The Morgan fingerprint density at radius 2 is 1.83 bits per heavy atom. The van der Waals surface area contributed by atoms with Crippen molar-refractivity contribution in [3.05, 3.63) is 53.1 Å². The third-order valence-corrected chi connectivity index (χ3v) is 6.08. The van der Waals surface area contributed by atoms with Crippen LogP contribution in [-0.2, 0) is 10.2 Å². The molecular weight excluding hydrogens is 420 g/mol. The Balaban J connectivity index is 2.13. The Morgan fingerprint density at radius 1 is 1.17 bits per heavy atom. The Kier molecular flexibility index (Phi) is 6.43. The molecule has 1 aromatic heterocycles. The lowest BCUT2D eigenvalue weighted by Crippen LogP contribution is -2.23. The Morgan fingerprint density at radius 3 is 2.37 bits per heavy atom. The van der Waals surface area contributed by atoms with Gasteiger partial charge in [-0.25, -0.2) is 0 Å². The number of benzene rings is 2. The molecule has 8 heteroatoms. The second-order valence-corrected chi connectivity index (χ2v) is 9.67. The summed E-state index contributed by atoms with van der Waals surface area (Å²) >= 11 is 7.62. The summed E-state index contributed by atoms with van der Waals surface area (Å²) in [5, 5.41) is 9.30. The summed E-state index contributed by atoms with van der Waals surface area (Å²) in [7, 11) is 1.57. The van der Waals surface area contributed by atoms with Crippen LogP contribution in [0, 0.1) is 0 Å². The van der Waals surface area contributed by atoms with Gasteiger partial charge in [0.15, 0.2) is 11.0 Å². The maximum absolute atomic E-state index is 11.6. The Labute approximate surface area is 185 Å². The second-order valence-electron chi connectivity index (χ2n) is 7.95. The minimum Gasteiger partial charge on any atom is -0.495 e. The van der Waals surface area contributed by atoms with Gasteiger partial charge in [0, 0.05) is 5.56 Å². The number of ether oxygens (including phenoxy) is 1. The molecular formula is C22H25ClN4O2S. The average molecular weight is 445 g/mol. The molecule has 0 fully saturated rings. The highest BCUT2D eigenvalue weighted by molar-refractivity contribution is 8.00. The topological polar surface area (TPSA) is 83.0 Å². The van der Waals surface area contributed by atoms with Crippen molar-refractivity contribution in [2.75, 3.05) is 7.11 Å². The largest absolute Gasteiger partial charge is 0.495 e. The van der Waals surface area contributed by atoms with E-state index in [1.165, 1.54) is 17.3 Å². The molecule has 0 aliphatic carbocycles. The van der Waals surface area contributed by atoms with Crippen LogP contribution in [0.1, 0.15) is 33.3 Å². The fourth-order valence-corrected chi connectivity index (χ4v) is 3.97. The Bertz CT molecular complexity index is 1060. The molecule has 1 amide bonds. The molecule has 6 nitrogen and oxygen atoms in total. The van der Waals surface area contributed by atoms with E-state index in [0.717, 1.165) is 11.3 Å². The van der Waals surface area contributed by atoms with E-state index in [9.17, 15) is 4.79 Å². The normalized spacial score (nSPS) is 12.6. The van der Waals surface area contributed by atoms with Gasteiger partial charge in [-0.05, 0) is 36.1 Å². The van der Waals surface area contributed by atoms with Gasteiger partial charge in [-0.3, -0.25) is 9.36 Å². The van der Waals surface area contributed by atoms with E-state index in [4.69, 9.17) is 22.1 Å². The lowest BCUT2D eigenvalue weighted by Gasteiger charge is -2.19. The first kappa shape index (κ1) is 22.2. The number of rotatable bonds is 6. The number of aromatic nitrogens is 3. The molecule has 0 saturated heterocycles. The fraction of sp³-hybridized carbons (Fsp3) is 0.318. The second kappa shape index (κ2) is 8.70. The van der Waals surface area contributed by atoms with Gasteiger partial charge in [-0.15, -0.1) is 10.2 Å². The van der Waals surface area contributed by atoms with E-state index in [1.807, 2.05) is 22.8 Å². The average Bonchev–Trinajstić information content (AvgIpc) is 3.10. The number of nitrogens with two attached hydrogens (primary N) is 1. The number of carbonyl (C=O) groups is 1. The molecule has 0 aliphatic heterocycles. The molecule has 0 radical (unpaired) electrons. The molecule has 30 heavy (non-hydrogen) atoms. The smallest absolute Gasteiger partial charge is 0.230 e. The van der Waals surface area contributed by atoms with Crippen molar-refractivity contribution in [1.82, 2.24) is 14.8 Å². The van der Waals surface area contributed by atoms with E-state index < -0.39 is 11.2 Å². The predicted molar refractivity (Wildman–Crippen MR) is 122 cm³/mol. The van der Waals surface area contributed by atoms with Crippen LogP contribution >= 0.6 is 23.4 Å². The van der Waals surface area contributed by atoms with Crippen molar-refractivity contribution in [2.24, 2.45) is 5.73 Å². The summed E-state index contributed by atoms with van der Waals surface area (Å²) in [6.07, 6.45) is 0. The number of methoxy groups -OCH3 is 1. The van der Waals surface area contributed by atoms with E-state index in [-0.39, 0.29) is 5.41 Å². The zero-order valence-electron chi connectivity index (χ0n) is 17.6. The van der Waals surface area contributed by atoms with Crippen molar-refractivity contribution in [1.29, 1.82) is 0 Å². The summed E-state index contributed by atoms with van der Waals surface area (Å²) in [5.74, 6) is 0.804. The first-order valence-corrected chi connectivity index (χ1v) is 10.7. The minimum absolute atomic E-state index is 0.0492. The summed E-state index contributed by atoms with van der Waals surface area (Å²) in [5.41, 5.74) is 8.40. The molecule has 2 N–H and O–H groups in total. The van der Waals surface area contributed by atoms with E-state index in [0.29, 0.717) is 21.8 Å². The highest BCUT2D eigenvalue weighted by atomic mass is 35.5. The van der Waals surface area contributed by atoms with Gasteiger partial charge in [0.1, 0.15) is 5.75 Å². The number of halogens is 1. The molecule has 0 aliphatic rings. The molecule has 2 aromatic carbocycles. The van der Waals surface area contributed by atoms with Gasteiger partial charge in [0.05, 0.1) is 23.1 Å². The summed E-state index contributed by atoms with van der Waals surface area (Å²) in [6.45, 7) is 8.25. The molecule has 3 aromatic rings. The highest BCUT2D eigenvalue weighted by Crippen LogP contribution is 2.34. The monoisotopic (exact) mass is 444 g/mol. The van der Waals surface area contributed by atoms with E-state index in [1.54, 1.807) is 26.2 Å². The molecule has 0 spiro atoms. The lowest BCUT2D eigenvalue weighted by molar-refractivity contribution is -0.117. The van der Waals surface area contributed by atoms with Gasteiger partial charge in [0.25, 0.3) is 0 Å². The molecule has 0 unspecified atom stereocenters. The fourth-order valence-electron chi connectivity index (χ4n) is 2.90. The number of carbonyl (C=O) groups excluding carboxylic acids is 1. The van der Waals surface area contributed by atoms with Gasteiger partial charge in [0.2, 0.25) is 5.91 Å². The van der Waals surface area contributed by atoms with Crippen LogP contribution < -0.4 is 10.5 Å². The number of hydrogen-bond donors (Lipinski definition) is 1. The molecule has 0 saturated carbocycles. The van der Waals surface area contributed by atoms with Crippen LogP contribution in [0.15, 0.2) is 47.6 Å². The molecule has 1 heterocycles. The third kappa shape index (κ3) is 4.63. The van der Waals surface area contributed by atoms with Gasteiger partial charge < -0.3 is 10.5 Å². The predicted octanol–water partition coefficient (Wildman–Crippen LogP) is 4.86. The maximum Gasteiger partial charge on any atom is 0.230 e. The SMILES string of the molecule is COc1ccc(-n2c(S[C@H](C)C(N)=O)nnc2-c2ccc(C(C)(C)C)cc2)cc1Cl. The summed E-state index contributed by atoms with van der Waals surface area (Å²) in [6, 6.07) is 13.7. The molecule has 1 atom stereocenters. The quantitative estimate of drug-likeness (QED) is 0.549. The zero-order valence-corrected chi connectivity index (χ0v) is 19.2. The standard InChI is InChI=1S/C22H25ClN4O2S/c1-13(19(24)28)30-21-26-25-20(14-6-8-15(9-7-14)22(2,3)4)27(21)16-10-11-18(29-5)17(23)12-16/h6-13H,1-5H3,(H2,24,28)/t13-/m1/s1. The minimum atomic E-state index is -0.460. The van der Waals surface area contributed by atoms with Crippen molar-refractivity contribution in [3.8, 4) is 22.8 Å². The summed E-state index contributed by atoms with van der Waals surface area (Å²) < 4.78 is 7.14. The first-order chi connectivity index (χ1) is 14.1. The van der Waals surface area contributed by atoms with Crippen LogP contribution in [0.3, 0.4) is 0 Å². The zero-order chi connectivity index (χ0) is 22.1. The number of primary amides is 1. The Hall–Kier alpha value is -2.51. The molecule has 3 rings (SSSR count). The van der Waals surface area contributed by atoms with Crippen molar-refractivity contribution < 1.29 is 9.53 Å². The number of thioether (sulfide) groups is 1. The van der Waals surface area contributed by atoms with Crippen LogP contribution in [0.25, 0.3) is 17.1 Å². The van der Waals surface area contributed by atoms with Crippen LogP contribution in [-0.4, -0.2) is 33.0 Å². The maximum atomic E-state index is 11.6. The van der Waals surface area contributed by atoms with Crippen LogP contribution in [0.4, 0.5) is 0 Å². The first-order valence-electron chi connectivity index (χ1n) is 9.48. The third-order valence-electron chi connectivity index (χ3n) is 4.72. The van der Waals surface area contributed by atoms with Crippen molar-refractivity contribution in [3.63, 3.8) is 0 Å². The van der Waals surface area contributed by atoms with Crippen molar-refractivity contribution in [2.45, 2.75) is 43.5 Å². The van der Waals surface area contributed by atoms with E-state index in [2.05, 4.69) is 43.1 Å². The highest BCUT2D eigenvalue weighted by Gasteiger charge is 2.22. The number of nitrogens with zero attached hydrogens (tertiary/aromatic N) is 3. The van der Waals surface area contributed by atoms with Gasteiger partial charge in [-0.1, -0.05) is 68.4 Å². The lowest BCUT2D eigenvalue weighted by atomic mass is 9.87. The molecule has 158 valence electrons. The van der Waals surface area contributed by atoms with Crippen LogP contribution in [0.5, 0.6) is 5.75 Å². The molecule has 0 bridgehead atoms. The van der Waals surface area contributed by atoms with E-state index >= 15 is 0 Å². The summed E-state index contributed by atoms with van der Waals surface area (Å²) in [4.78, 5) is 11.6. The number of amides is 1. The van der Waals surface area contributed by atoms with Crippen LogP contribution in [0.2, 0.25) is 5.02 Å². The van der Waals surface area contributed by atoms with Gasteiger partial charge in [-0.2, -0.15) is 0 Å². The van der Waals surface area contributed by atoms with Gasteiger partial charge >= 0.3 is 0 Å².